The highest BCUT2D eigenvalue weighted by Crippen LogP contribution is 1.80. The summed E-state index contributed by atoms with van der Waals surface area (Å²) in [6.07, 6.45) is 1.57. The number of rotatable bonds is 1. The molecular weight excluding hydrogens is 110 g/mol. The van der Waals surface area contributed by atoms with Gasteiger partial charge in [-0.3, -0.25) is 0 Å². The molecule has 1 rings (SSSR count). The van der Waals surface area contributed by atoms with Crippen LogP contribution in [0.15, 0.2) is 4.99 Å². The fourth-order valence-electron chi connectivity index (χ4n) is 0.347. The molecule has 0 fully saturated rings. The number of thiocarbonyl (C=S) groups is 1. The lowest BCUT2D eigenvalue weighted by Crippen LogP contribution is -2.31. The highest BCUT2D eigenvalue weighted by molar-refractivity contribution is 7.79. The number of hydrogen-bond donors (Lipinski definition) is 2. The fraction of sp³-hybridized carbons (Fsp3) is 0.333. The average Bonchev–Trinajstić information content (AvgIpc) is 2.14. The van der Waals surface area contributed by atoms with Crippen molar-refractivity contribution in [3.63, 3.8) is 0 Å². The lowest BCUT2D eigenvalue weighted by Gasteiger charge is -1.94. The Balaban J connectivity index is 2.42. The van der Waals surface area contributed by atoms with Crippen molar-refractivity contribution in [2.75, 3.05) is 0 Å². The highest BCUT2D eigenvalue weighted by Gasteiger charge is 2.00. The molecule has 38 valence electrons. The normalized spacial score (nSPS) is 27.1. The summed E-state index contributed by atoms with van der Waals surface area (Å²) in [7, 11) is 0. The van der Waals surface area contributed by atoms with Gasteiger partial charge in [-0.15, -0.1) is 0 Å². The summed E-state index contributed by atoms with van der Waals surface area (Å²) < 4.78 is 0. The molecule has 0 spiro atoms. The first-order chi connectivity index (χ1) is 3.43. The van der Waals surface area contributed by atoms with E-state index in [1.54, 1.807) is 11.7 Å². The maximum atomic E-state index is 4.57. The van der Waals surface area contributed by atoms with Gasteiger partial charge in [-0.25, -0.2) is 10.4 Å². The van der Waals surface area contributed by atoms with Crippen molar-refractivity contribution in [2.45, 2.75) is 6.17 Å². The van der Waals surface area contributed by atoms with Crippen molar-refractivity contribution in [3.8, 4) is 0 Å². The van der Waals surface area contributed by atoms with E-state index >= 15 is 0 Å². The lowest BCUT2D eigenvalue weighted by molar-refractivity contribution is 0.673. The van der Waals surface area contributed by atoms with Gasteiger partial charge in [0.15, 0.2) is 0 Å². The van der Waals surface area contributed by atoms with Gasteiger partial charge in [0.1, 0.15) is 6.17 Å². The summed E-state index contributed by atoms with van der Waals surface area (Å²) in [5.74, 6) is 0. The first-order valence-corrected chi connectivity index (χ1v) is 2.38. The molecule has 0 saturated heterocycles. The third-order valence-electron chi connectivity index (χ3n) is 0.660. The zero-order chi connectivity index (χ0) is 5.11. The number of nitrogens with zero attached hydrogens (tertiary/aromatic N) is 1. The van der Waals surface area contributed by atoms with Crippen molar-refractivity contribution < 1.29 is 0 Å². The van der Waals surface area contributed by atoms with Crippen LogP contribution in [-0.4, -0.2) is 17.9 Å². The monoisotopic (exact) mass is 115 g/mol. The molecule has 0 aromatic carbocycles. The largest absolute Gasteiger partial charge is 0.310 e. The maximum Gasteiger partial charge on any atom is 0.146 e. The minimum absolute atomic E-state index is 0.00463. The van der Waals surface area contributed by atoms with E-state index in [2.05, 4.69) is 28.1 Å². The van der Waals surface area contributed by atoms with E-state index in [1.165, 1.54) is 0 Å². The molecule has 2 N–H and O–H groups in total. The van der Waals surface area contributed by atoms with Gasteiger partial charge in [0.25, 0.3) is 0 Å². The Kier molecular flexibility index (Phi) is 1.33. The summed E-state index contributed by atoms with van der Waals surface area (Å²) >= 11 is 4.57. The van der Waals surface area contributed by atoms with Gasteiger partial charge < -0.3 is 5.43 Å². The second kappa shape index (κ2) is 1.99. The quantitative estimate of drug-likeness (QED) is 0.450. The van der Waals surface area contributed by atoms with Crippen LogP contribution in [0.5, 0.6) is 0 Å². The van der Waals surface area contributed by atoms with Gasteiger partial charge in [0.05, 0.1) is 6.34 Å². The van der Waals surface area contributed by atoms with Crippen molar-refractivity contribution >= 4 is 23.9 Å². The van der Waals surface area contributed by atoms with E-state index in [9.17, 15) is 0 Å². The predicted octanol–water partition coefficient (Wildman–Crippen LogP) is -0.552. The molecule has 0 aromatic rings. The molecule has 0 radical (unpaired) electrons. The first-order valence-electron chi connectivity index (χ1n) is 1.91. The zero-order valence-electron chi connectivity index (χ0n) is 3.59. The van der Waals surface area contributed by atoms with Gasteiger partial charge in [0.2, 0.25) is 0 Å². The van der Waals surface area contributed by atoms with Crippen molar-refractivity contribution in [2.24, 2.45) is 4.99 Å². The molecular formula is C3H5N3S. The van der Waals surface area contributed by atoms with Crippen LogP contribution in [0.1, 0.15) is 0 Å². The molecule has 1 heterocycles. The van der Waals surface area contributed by atoms with Gasteiger partial charge in [0, 0.05) is 5.37 Å². The van der Waals surface area contributed by atoms with E-state index in [0.29, 0.717) is 0 Å². The van der Waals surface area contributed by atoms with Crippen LogP contribution in [0.2, 0.25) is 0 Å². The van der Waals surface area contributed by atoms with Crippen LogP contribution in [0, 0.1) is 0 Å². The minimum Gasteiger partial charge on any atom is -0.310 e. The SMILES string of the molecule is S=CC1N=CNN1. The van der Waals surface area contributed by atoms with E-state index in [1.807, 2.05) is 0 Å². The van der Waals surface area contributed by atoms with Crippen LogP contribution in [0.25, 0.3) is 0 Å². The molecule has 1 aliphatic heterocycles. The summed E-state index contributed by atoms with van der Waals surface area (Å²) in [6, 6.07) is 0. The summed E-state index contributed by atoms with van der Waals surface area (Å²) in [6.45, 7) is 0. The number of nitrogens with one attached hydrogen (secondary N) is 2. The van der Waals surface area contributed by atoms with E-state index in [-0.39, 0.29) is 6.17 Å². The Bertz CT molecular complexity index is 100. The molecule has 4 heteroatoms. The Hall–Kier alpha value is -0.480. The zero-order valence-corrected chi connectivity index (χ0v) is 4.40. The molecule has 0 saturated carbocycles. The van der Waals surface area contributed by atoms with Crippen molar-refractivity contribution in [1.82, 2.24) is 10.9 Å². The Morgan fingerprint density at radius 1 is 1.86 bits per heavy atom. The van der Waals surface area contributed by atoms with Gasteiger partial charge >= 0.3 is 0 Å². The fourth-order valence-corrected chi connectivity index (χ4v) is 0.485. The van der Waals surface area contributed by atoms with Crippen LogP contribution in [-0.2, 0) is 0 Å². The molecule has 1 aliphatic rings. The number of hydrogen-bond acceptors (Lipinski definition) is 4. The summed E-state index contributed by atoms with van der Waals surface area (Å²) in [5.41, 5.74) is 5.46. The van der Waals surface area contributed by atoms with E-state index < -0.39 is 0 Å². The standard InChI is InChI=1S/C3H5N3S/c7-1-3-4-2-5-6-3/h1-3,6H,(H,4,5). The maximum absolute atomic E-state index is 4.57. The smallest absolute Gasteiger partial charge is 0.146 e. The molecule has 0 amide bonds. The summed E-state index contributed by atoms with van der Waals surface area (Å²) in [5, 5.41) is 1.55. The molecule has 1 unspecified atom stereocenters. The van der Waals surface area contributed by atoms with E-state index in [4.69, 9.17) is 0 Å². The minimum atomic E-state index is -0.00463. The first kappa shape index (κ1) is 4.67. The molecule has 0 aliphatic carbocycles. The highest BCUT2D eigenvalue weighted by atomic mass is 32.1. The van der Waals surface area contributed by atoms with Crippen LogP contribution >= 0.6 is 12.2 Å². The van der Waals surface area contributed by atoms with Gasteiger partial charge in [-0.2, -0.15) is 0 Å². The number of aliphatic imine (C=N–C) groups is 1. The lowest BCUT2D eigenvalue weighted by atomic mass is 10.6. The van der Waals surface area contributed by atoms with Crippen molar-refractivity contribution in [1.29, 1.82) is 0 Å². The summed E-state index contributed by atoms with van der Waals surface area (Å²) in [4.78, 5) is 3.85. The Morgan fingerprint density at radius 2 is 2.71 bits per heavy atom. The topological polar surface area (TPSA) is 36.4 Å². The second-order valence-electron chi connectivity index (χ2n) is 1.15. The van der Waals surface area contributed by atoms with Gasteiger partial charge in [-0.05, 0) is 0 Å². The molecule has 3 nitrogen and oxygen atoms in total. The molecule has 7 heavy (non-hydrogen) atoms. The third-order valence-corrected chi connectivity index (χ3v) is 0.918. The Labute approximate surface area is 46.8 Å². The van der Waals surface area contributed by atoms with Crippen LogP contribution in [0.4, 0.5) is 0 Å². The van der Waals surface area contributed by atoms with Crippen LogP contribution < -0.4 is 10.9 Å². The third kappa shape index (κ3) is 0.942. The second-order valence-corrected chi connectivity index (χ2v) is 1.42. The predicted molar refractivity (Wildman–Crippen MR) is 32.2 cm³/mol. The number of hydrazine groups is 1. The average molecular weight is 115 g/mol. The van der Waals surface area contributed by atoms with Gasteiger partial charge in [-0.1, -0.05) is 12.2 Å². The molecule has 1 atom stereocenters. The van der Waals surface area contributed by atoms with Crippen LogP contribution in [0.3, 0.4) is 0 Å². The van der Waals surface area contributed by atoms with Crippen molar-refractivity contribution in [3.05, 3.63) is 0 Å². The van der Waals surface area contributed by atoms with E-state index in [0.717, 1.165) is 0 Å². The molecule has 0 aromatic heterocycles. The Morgan fingerprint density at radius 3 is 3.00 bits per heavy atom. The molecule has 0 bridgehead atoms.